The van der Waals surface area contributed by atoms with E-state index in [4.69, 9.17) is 11.1 Å². The second-order valence-corrected chi connectivity index (χ2v) is 8.26. The predicted octanol–water partition coefficient (Wildman–Crippen LogP) is 4.54. The van der Waals surface area contributed by atoms with Gasteiger partial charge in [-0.2, -0.15) is 0 Å². The van der Waals surface area contributed by atoms with Crippen LogP contribution < -0.4 is 16.0 Å². The number of anilines is 3. The van der Waals surface area contributed by atoms with Crippen molar-refractivity contribution in [2.24, 2.45) is 0 Å². The normalized spacial score (nSPS) is 15.0. The molecule has 4 N–H and O–H groups in total. The smallest absolute Gasteiger partial charge is 0.0633 e. The first-order valence-corrected chi connectivity index (χ1v) is 10.8. The zero-order chi connectivity index (χ0) is 21.7. The molecule has 0 aliphatic carbocycles. The highest BCUT2D eigenvalue weighted by molar-refractivity contribution is 6.13. The van der Waals surface area contributed by atoms with Crippen molar-refractivity contribution in [2.75, 3.05) is 55.7 Å². The third-order valence-electron chi connectivity index (χ3n) is 5.84. The van der Waals surface area contributed by atoms with E-state index in [1.165, 1.54) is 11.1 Å². The maximum atomic E-state index is 8.62. The summed E-state index contributed by atoms with van der Waals surface area (Å²) in [6.07, 6.45) is 4.88. The molecular weight excluding hydrogens is 370 g/mol. The Hall–Kier alpha value is -2.79. The van der Waals surface area contributed by atoms with Crippen molar-refractivity contribution in [2.45, 2.75) is 27.2 Å². The monoisotopic (exact) mass is 405 g/mol. The second-order valence-electron chi connectivity index (χ2n) is 8.26. The molecule has 0 amide bonds. The van der Waals surface area contributed by atoms with E-state index >= 15 is 0 Å². The highest BCUT2D eigenvalue weighted by atomic mass is 15.3. The lowest BCUT2D eigenvalue weighted by molar-refractivity contribution is 0.313. The van der Waals surface area contributed by atoms with Crippen molar-refractivity contribution in [1.29, 1.82) is 5.41 Å². The Morgan fingerprint density at radius 1 is 1.10 bits per heavy atom. The van der Waals surface area contributed by atoms with Gasteiger partial charge in [-0.05, 0) is 62.2 Å². The first kappa shape index (κ1) is 21.9. The van der Waals surface area contributed by atoms with Crippen molar-refractivity contribution >= 4 is 28.8 Å². The zero-order valence-corrected chi connectivity index (χ0v) is 18.8. The Bertz CT molecular complexity index is 923. The molecule has 5 heteroatoms. The van der Waals surface area contributed by atoms with E-state index in [0.717, 1.165) is 61.6 Å². The average molecular weight is 406 g/mol. The fraction of sp³-hybridized carbons (Fsp3) is 0.400. The van der Waals surface area contributed by atoms with Crippen molar-refractivity contribution in [1.82, 2.24) is 4.90 Å². The highest BCUT2D eigenvalue weighted by Crippen LogP contribution is 2.32. The molecule has 0 saturated carbocycles. The number of nitrogen functional groups attached to an aromatic ring is 1. The van der Waals surface area contributed by atoms with Crippen LogP contribution in [0, 0.1) is 19.3 Å². The van der Waals surface area contributed by atoms with Gasteiger partial charge in [-0.25, -0.2) is 0 Å². The molecule has 0 spiro atoms. The molecule has 0 radical (unpaired) electrons. The number of allylic oxidation sites excluding steroid dienone is 1. The van der Waals surface area contributed by atoms with Gasteiger partial charge in [0.25, 0.3) is 0 Å². The van der Waals surface area contributed by atoms with E-state index in [1.807, 2.05) is 24.3 Å². The van der Waals surface area contributed by atoms with Gasteiger partial charge in [0, 0.05) is 44.0 Å². The van der Waals surface area contributed by atoms with Crippen molar-refractivity contribution in [3.05, 3.63) is 58.7 Å². The standard InChI is InChI=1S/C25H35N5/c1-5-10-28-24-16-21(22(26)9-8-20-7-6-18(2)19(3)15-20)23(27)17-25(24)30-13-11-29(4)12-14-30/h6-9,15-17,26,28H,5,10-14,27H2,1-4H3/b9-8+,26-22?. The number of nitrogens with one attached hydrogen (secondary N) is 2. The Morgan fingerprint density at radius 2 is 1.83 bits per heavy atom. The van der Waals surface area contributed by atoms with E-state index in [2.05, 4.69) is 61.1 Å². The number of likely N-dealkylation sites (N-methyl/N-ethyl adjacent to an activating group) is 1. The van der Waals surface area contributed by atoms with Gasteiger partial charge >= 0.3 is 0 Å². The molecule has 0 aromatic heterocycles. The molecule has 1 saturated heterocycles. The van der Waals surface area contributed by atoms with Crippen LogP contribution in [0.25, 0.3) is 6.08 Å². The van der Waals surface area contributed by atoms with Crippen LogP contribution in [-0.4, -0.2) is 50.4 Å². The van der Waals surface area contributed by atoms with Crippen LogP contribution in [0.15, 0.2) is 36.4 Å². The summed E-state index contributed by atoms with van der Waals surface area (Å²) >= 11 is 0. The van der Waals surface area contributed by atoms with Gasteiger partial charge in [-0.15, -0.1) is 0 Å². The molecule has 0 atom stereocenters. The molecule has 2 aromatic rings. The topological polar surface area (TPSA) is 68.4 Å². The van der Waals surface area contributed by atoms with E-state index in [-0.39, 0.29) is 0 Å². The van der Waals surface area contributed by atoms with Crippen molar-refractivity contribution in [3.8, 4) is 0 Å². The quantitative estimate of drug-likeness (QED) is 0.467. The van der Waals surface area contributed by atoms with E-state index < -0.39 is 0 Å². The van der Waals surface area contributed by atoms with Gasteiger partial charge < -0.3 is 26.3 Å². The number of aryl methyl sites for hydroxylation is 2. The molecule has 1 aliphatic heterocycles. The third-order valence-corrected chi connectivity index (χ3v) is 5.84. The molecule has 1 aliphatic rings. The van der Waals surface area contributed by atoms with Gasteiger partial charge in [0.15, 0.2) is 0 Å². The summed E-state index contributed by atoms with van der Waals surface area (Å²) in [5, 5.41) is 12.2. The average Bonchev–Trinajstić information content (AvgIpc) is 2.74. The molecule has 160 valence electrons. The first-order valence-electron chi connectivity index (χ1n) is 10.8. The van der Waals surface area contributed by atoms with Crippen LogP contribution in [-0.2, 0) is 0 Å². The van der Waals surface area contributed by atoms with E-state index in [1.54, 1.807) is 0 Å². The van der Waals surface area contributed by atoms with Gasteiger partial charge in [-0.1, -0.05) is 31.2 Å². The van der Waals surface area contributed by atoms with Gasteiger partial charge in [0.05, 0.1) is 17.1 Å². The molecule has 0 bridgehead atoms. The Balaban J connectivity index is 1.87. The fourth-order valence-electron chi connectivity index (χ4n) is 3.69. The van der Waals surface area contributed by atoms with Gasteiger partial charge in [-0.3, -0.25) is 0 Å². The van der Waals surface area contributed by atoms with Crippen LogP contribution in [0.2, 0.25) is 0 Å². The Morgan fingerprint density at radius 3 is 2.50 bits per heavy atom. The highest BCUT2D eigenvalue weighted by Gasteiger charge is 2.19. The van der Waals surface area contributed by atoms with Gasteiger partial charge in [0.2, 0.25) is 0 Å². The minimum absolute atomic E-state index is 0.426. The molecule has 2 aromatic carbocycles. The lowest BCUT2D eigenvalue weighted by Crippen LogP contribution is -2.44. The molecule has 30 heavy (non-hydrogen) atoms. The summed E-state index contributed by atoms with van der Waals surface area (Å²) in [6.45, 7) is 11.3. The molecule has 1 heterocycles. The molecular formula is C25H35N5. The number of benzene rings is 2. The number of hydrogen-bond acceptors (Lipinski definition) is 5. The Kier molecular flexibility index (Phi) is 7.16. The SMILES string of the molecule is CCCNc1cc(C(=N)/C=C/c2ccc(C)c(C)c2)c(N)cc1N1CCN(C)CC1. The largest absolute Gasteiger partial charge is 0.398 e. The molecule has 5 nitrogen and oxygen atoms in total. The van der Waals surface area contributed by atoms with E-state index in [9.17, 15) is 0 Å². The van der Waals surface area contributed by atoms with Crippen LogP contribution in [0.5, 0.6) is 0 Å². The summed E-state index contributed by atoms with van der Waals surface area (Å²) in [4.78, 5) is 4.74. The van der Waals surface area contributed by atoms with Crippen LogP contribution >= 0.6 is 0 Å². The number of nitrogens with two attached hydrogens (primary N) is 1. The van der Waals surface area contributed by atoms with Crippen molar-refractivity contribution < 1.29 is 0 Å². The number of rotatable bonds is 7. The van der Waals surface area contributed by atoms with Crippen LogP contribution in [0.4, 0.5) is 17.1 Å². The molecule has 1 fully saturated rings. The maximum Gasteiger partial charge on any atom is 0.0633 e. The number of nitrogens with zero attached hydrogens (tertiary/aromatic N) is 2. The second kappa shape index (κ2) is 9.81. The summed E-state index contributed by atoms with van der Waals surface area (Å²) < 4.78 is 0. The summed E-state index contributed by atoms with van der Waals surface area (Å²) in [5.74, 6) is 0. The van der Waals surface area contributed by atoms with Crippen molar-refractivity contribution in [3.63, 3.8) is 0 Å². The molecule has 0 unspecified atom stereocenters. The third kappa shape index (κ3) is 5.22. The van der Waals surface area contributed by atoms with Crippen LogP contribution in [0.1, 0.15) is 35.6 Å². The lowest BCUT2D eigenvalue weighted by Gasteiger charge is -2.35. The minimum Gasteiger partial charge on any atom is -0.398 e. The lowest BCUT2D eigenvalue weighted by atomic mass is 10.0. The summed E-state index contributed by atoms with van der Waals surface area (Å²) in [7, 11) is 2.16. The van der Waals surface area contributed by atoms with Gasteiger partial charge in [0.1, 0.15) is 0 Å². The number of piperazine rings is 1. The summed E-state index contributed by atoms with van der Waals surface area (Å²) in [6, 6.07) is 10.4. The van der Waals surface area contributed by atoms with Crippen LogP contribution in [0.3, 0.4) is 0 Å². The Labute approximate surface area is 181 Å². The number of hydrogen-bond donors (Lipinski definition) is 3. The van der Waals surface area contributed by atoms with E-state index in [0.29, 0.717) is 11.4 Å². The predicted molar refractivity (Wildman–Crippen MR) is 131 cm³/mol. The summed E-state index contributed by atoms with van der Waals surface area (Å²) in [5.41, 5.74) is 14.1. The maximum absolute atomic E-state index is 8.62. The minimum atomic E-state index is 0.426. The fourth-order valence-corrected chi connectivity index (χ4v) is 3.69. The first-order chi connectivity index (χ1) is 14.4. The zero-order valence-electron chi connectivity index (χ0n) is 18.8. The molecule has 3 rings (SSSR count).